The molecule has 0 heterocycles. The van der Waals surface area contributed by atoms with E-state index in [2.05, 4.69) is 20.7 Å². The number of benzene rings is 1. The van der Waals surface area contributed by atoms with Crippen LogP contribution >= 0.6 is 27.5 Å². The number of rotatable bonds is 4. The quantitative estimate of drug-likeness (QED) is 0.707. The monoisotopic (exact) mass is 328 g/mol. The highest BCUT2D eigenvalue weighted by atomic mass is 79.9. The van der Waals surface area contributed by atoms with Crippen molar-refractivity contribution in [2.45, 2.75) is 12.8 Å². The van der Waals surface area contributed by atoms with Gasteiger partial charge < -0.3 is 4.74 Å². The normalized spacial score (nSPS) is 12.1. The fourth-order valence-electron chi connectivity index (χ4n) is 1.11. The van der Waals surface area contributed by atoms with Crippen LogP contribution in [0.3, 0.4) is 0 Å². The van der Waals surface area contributed by atoms with E-state index in [1.54, 1.807) is 6.08 Å². The van der Waals surface area contributed by atoms with Gasteiger partial charge in [-0.15, -0.1) is 24.8 Å². The summed E-state index contributed by atoms with van der Waals surface area (Å²) in [6.45, 7) is 0. The summed E-state index contributed by atoms with van der Waals surface area (Å²) in [4.78, 5) is 0. The van der Waals surface area contributed by atoms with Gasteiger partial charge in [0, 0.05) is 10.4 Å². The molecule has 6 heteroatoms. The Balaban J connectivity index is 2.79. The molecule has 0 radical (unpaired) electrons. The van der Waals surface area contributed by atoms with E-state index in [4.69, 9.17) is 11.6 Å². The van der Waals surface area contributed by atoms with Crippen LogP contribution in [-0.4, -0.2) is 12.2 Å². The standard InChI is InChI=1S/C11H9BrClF3O/c12-10-7-9(17-11(14,15)16)5-4-8(10)3-1-2-6-13/h1,3-5,7H,2,6H2. The smallest absolute Gasteiger partial charge is 0.406 e. The number of ether oxygens (including phenoxy) is 1. The molecule has 0 amide bonds. The first kappa shape index (κ1) is 14.4. The molecule has 0 fully saturated rings. The topological polar surface area (TPSA) is 9.23 Å². The van der Waals surface area contributed by atoms with E-state index in [1.807, 2.05) is 6.08 Å². The highest BCUT2D eigenvalue weighted by Gasteiger charge is 2.31. The van der Waals surface area contributed by atoms with Gasteiger partial charge in [-0.05, 0) is 24.1 Å². The first-order valence-corrected chi connectivity index (χ1v) is 6.03. The van der Waals surface area contributed by atoms with Crippen molar-refractivity contribution >= 4 is 33.6 Å². The molecule has 17 heavy (non-hydrogen) atoms. The fraction of sp³-hybridized carbons (Fsp3) is 0.273. The number of halogens is 5. The van der Waals surface area contributed by atoms with Crippen molar-refractivity contribution in [3.8, 4) is 5.75 Å². The Morgan fingerprint density at radius 2 is 2.06 bits per heavy atom. The van der Waals surface area contributed by atoms with Crippen molar-refractivity contribution < 1.29 is 17.9 Å². The Bertz CT molecular complexity index is 404. The summed E-state index contributed by atoms with van der Waals surface area (Å²) in [5.74, 6) is 0.252. The fourth-order valence-corrected chi connectivity index (χ4v) is 1.73. The third kappa shape index (κ3) is 5.46. The lowest BCUT2D eigenvalue weighted by Crippen LogP contribution is -2.17. The van der Waals surface area contributed by atoms with Gasteiger partial charge >= 0.3 is 6.36 Å². The van der Waals surface area contributed by atoms with Gasteiger partial charge in [-0.2, -0.15) is 0 Å². The highest BCUT2D eigenvalue weighted by molar-refractivity contribution is 9.10. The third-order valence-corrected chi connectivity index (χ3v) is 2.68. The molecule has 0 N–H and O–H groups in total. The van der Waals surface area contributed by atoms with Gasteiger partial charge in [-0.25, -0.2) is 0 Å². The number of hydrogen-bond acceptors (Lipinski definition) is 1. The molecule has 0 bridgehead atoms. The van der Waals surface area contributed by atoms with E-state index in [9.17, 15) is 13.2 Å². The lowest BCUT2D eigenvalue weighted by atomic mass is 10.2. The zero-order valence-corrected chi connectivity index (χ0v) is 10.9. The second-order valence-corrected chi connectivity index (χ2v) is 4.34. The van der Waals surface area contributed by atoms with Crippen LogP contribution in [0.1, 0.15) is 12.0 Å². The van der Waals surface area contributed by atoms with Crippen molar-refractivity contribution in [2.75, 3.05) is 5.88 Å². The van der Waals surface area contributed by atoms with Crippen molar-refractivity contribution in [2.24, 2.45) is 0 Å². The molecule has 0 aromatic heterocycles. The second-order valence-electron chi connectivity index (χ2n) is 3.11. The van der Waals surface area contributed by atoms with Gasteiger partial charge in [0.25, 0.3) is 0 Å². The molecule has 0 aliphatic carbocycles. The van der Waals surface area contributed by atoms with Crippen LogP contribution in [0.25, 0.3) is 6.08 Å². The summed E-state index contributed by atoms with van der Waals surface area (Å²) >= 11 is 8.67. The molecule has 0 saturated heterocycles. The highest BCUT2D eigenvalue weighted by Crippen LogP contribution is 2.28. The Morgan fingerprint density at radius 3 is 2.59 bits per heavy atom. The molecule has 0 spiro atoms. The van der Waals surface area contributed by atoms with Crippen molar-refractivity contribution in [1.29, 1.82) is 0 Å². The average molecular weight is 330 g/mol. The molecule has 1 aromatic rings. The maximum absolute atomic E-state index is 12.0. The maximum Gasteiger partial charge on any atom is 0.573 e. The molecular weight excluding hydrogens is 320 g/mol. The molecule has 1 nitrogen and oxygen atoms in total. The second kappa shape index (κ2) is 6.31. The molecular formula is C11H9BrClF3O. The van der Waals surface area contributed by atoms with Crippen LogP contribution in [0.5, 0.6) is 5.75 Å². The zero-order valence-electron chi connectivity index (χ0n) is 8.60. The lowest BCUT2D eigenvalue weighted by Gasteiger charge is -2.09. The van der Waals surface area contributed by atoms with Crippen LogP contribution in [-0.2, 0) is 0 Å². The maximum atomic E-state index is 12.0. The molecule has 0 unspecified atom stereocenters. The van der Waals surface area contributed by atoms with Crippen molar-refractivity contribution in [3.05, 3.63) is 34.3 Å². The molecule has 0 aliphatic heterocycles. The van der Waals surface area contributed by atoms with Crippen molar-refractivity contribution in [3.63, 3.8) is 0 Å². The minimum atomic E-state index is -4.67. The Morgan fingerprint density at radius 1 is 1.35 bits per heavy atom. The van der Waals surface area contributed by atoms with Gasteiger partial charge in [0.05, 0.1) is 0 Å². The summed E-state index contributed by atoms with van der Waals surface area (Å²) in [6.07, 6.45) is -0.342. The summed E-state index contributed by atoms with van der Waals surface area (Å²) in [7, 11) is 0. The van der Waals surface area contributed by atoms with Gasteiger partial charge in [0.2, 0.25) is 0 Å². The lowest BCUT2D eigenvalue weighted by molar-refractivity contribution is -0.274. The molecule has 94 valence electrons. The SMILES string of the molecule is FC(F)(F)Oc1ccc(C=CCCCl)c(Br)c1. The van der Waals surface area contributed by atoms with Crippen LogP contribution in [0.15, 0.2) is 28.7 Å². The van der Waals surface area contributed by atoms with Crippen LogP contribution in [0.4, 0.5) is 13.2 Å². The first-order chi connectivity index (χ1) is 7.92. The van der Waals surface area contributed by atoms with E-state index in [0.717, 1.165) is 5.56 Å². The summed E-state index contributed by atoms with van der Waals surface area (Å²) in [5.41, 5.74) is 0.768. The summed E-state index contributed by atoms with van der Waals surface area (Å²) < 4.78 is 40.2. The van der Waals surface area contributed by atoms with E-state index in [0.29, 0.717) is 16.8 Å². The molecule has 0 atom stereocenters. The molecule has 1 rings (SSSR count). The van der Waals surface area contributed by atoms with E-state index >= 15 is 0 Å². The van der Waals surface area contributed by atoms with Crippen molar-refractivity contribution in [1.82, 2.24) is 0 Å². The molecule has 0 saturated carbocycles. The third-order valence-electron chi connectivity index (χ3n) is 1.78. The van der Waals surface area contributed by atoms with Gasteiger partial charge in [0.1, 0.15) is 5.75 Å². The summed E-state index contributed by atoms with van der Waals surface area (Å²) in [5, 5.41) is 0. The minimum Gasteiger partial charge on any atom is -0.406 e. The predicted molar refractivity (Wildman–Crippen MR) is 65.2 cm³/mol. The van der Waals surface area contributed by atoms with Gasteiger partial charge in [-0.1, -0.05) is 34.1 Å². The molecule has 1 aromatic carbocycles. The van der Waals surface area contributed by atoms with E-state index in [-0.39, 0.29) is 5.75 Å². The zero-order chi connectivity index (χ0) is 12.9. The number of allylic oxidation sites excluding steroid dienone is 1. The van der Waals surface area contributed by atoms with Gasteiger partial charge in [0.15, 0.2) is 0 Å². The largest absolute Gasteiger partial charge is 0.573 e. The van der Waals surface area contributed by atoms with E-state index in [1.165, 1.54) is 18.2 Å². The van der Waals surface area contributed by atoms with Crippen LogP contribution < -0.4 is 4.74 Å². The number of hydrogen-bond donors (Lipinski definition) is 0. The Hall–Kier alpha value is -0.680. The first-order valence-electron chi connectivity index (χ1n) is 4.70. The Kier molecular flexibility index (Phi) is 5.33. The van der Waals surface area contributed by atoms with Crippen LogP contribution in [0.2, 0.25) is 0 Å². The van der Waals surface area contributed by atoms with Gasteiger partial charge in [-0.3, -0.25) is 0 Å². The molecule has 0 aliphatic rings. The average Bonchev–Trinajstić information content (AvgIpc) is 2.19. The minimum absolute atomic E-state index is 0.251. The number of alkyl halides is 4. The Labute approximate surface area is 110 Å². The summed E-state index contributed by atoms with van der Waals surface area (Å²) in [6, 6.07) is 4.07. The van der Waals surface area contributed by atoms with Crippen LogP contribution in [0, 0.1) is 0 Å². The predicted octanol–water partition coefficient (Wildman–Crippen LogP) is 4.99. The van der Waals surface area contributed by atoms with E-state index < -0.39 is 6.36 Å².